The van der Waals surface area contributed by atoms with Gasteiger partial charge in [-0.2, -0.15) is 0 Å². The molecule has 80 valence electrons. The maximum absolute atomic E-state index is 11.2. The fourth-order valence-corrected chi connectivity index (χ4v) is 1.13. The lowest BCUT2D eigenvalue weighted by molar-refractivity contribution is -0.214. The Kier molecular flexibility index (Phi) is 5.25. The zero-order valence-corrected chi connectivity index (χ0v) is 8.24. The van der Waals surface area contributed by atoms with E-state index in [4.69, 9.17) is 14.2 Å². The summed E-state index contributed by atoms with van der Waals surface area (Å²) in [5, 5.41) is 0. The predicted octanol–water partition coefficient (Wildman–Crippen LogP) is 1.26. The predicted molar refractivity (Wildman–Crippen MR) is 50.7 cm³/mol. The molecule has 0 saturated carbocycles. The summed E-state index contributed by atoms with van der Waals surface area (Å²) in [6, 6.07) is 0. The zero-order chi connectivity index (χ0) is 10.2. The summed E-state index contributed by atoms with van der Waals surface area (Å²) in [5.41, 5.74) is 0. The largest absolute Gasteiger partial charge is 0.433 e. The molecule has 4 heteroatoms. The van der Waals surface area contributed by atoms with Crippen molar-refractivity contribution in [2.24, 2.45) is 0 Å². The maximum atomic E-state index is 11.2. The van der Waals surface area contributed by atoms with Crippen molar-refractivity contribution in [3.05, 3.63) is 12.7 Å². The van der Waals surface area contributed by atoms with Gasteiger partial charge in [0.25, 0.3) is 0 Å². The maximum Gasteiger partial charge on any atom is 0.308 e. The summed E-state index contributed by atoms with van der Waals surface area (Å²) in [5.74, 6) is -0.234. The zero-order valence-electron chi connectivity index (χ0n) is 8.24. The van der Waals surface area contributed by atoms with Crippen LogP contribution in [0.3, 0.4) is 0 Å². The molecule has 0 spiro atoms. The Bertz CT molecular complexity index is 185. The van der Waals surface area contributed by atoms with Crippen molar-refractivity contribution in [3.8, 4) is 0 Å². The number of rotatable bonds is 5. The van der Waals surface area contributed by atoms with Crippen LogP contribution < -0.4 is 0 Å². The van der Waals surface area contributed by atoms with Gasteiger partial charge in [0.2, 0.25) is 6.29 Å². The molecule has 0 amide bonds. The standard InChI is InChI=1S/C10H16O4/c1-2-3-4-5-9(11)14-10-8-12-6-7-13-10/h2,10H,1,3-8H2. The van der Waals surface area contributed by atoms with E-state index in [9.17, 15) is 4.79 Å². The van der Waals surface area contributed by atoms with Gasteiger partial charge in [-0.1, -0.05) is 6.08 Å². The highest BCUT2D eigenvalue weighted by Gasteiger charge is 2.17. The smallest absolute Gasteiger partial charge is 0.308 e. The first-order chi connectivity index (χ1) is 6.83. The second kappa shape index (κ2) is 6.56. The van der Waals surface area contributed by atoms with Crippen LogP contribution >= 0.6 is 0 Å². The van der Waals surface area contributed by atoms with Crippen LogP contribution in [0, 0.1) is 0 Å². The van der Waals surface area contributed by atoms with Gasteiger partial charge in [-0.3, -0.25) is 4.79 Å². The normalized spacial score (nSPS) is 21.6. The van der Waals surface area contributed by atoms with E-state index in [1.807, 2.05) is 0 Å². The summed E-state index contributed by atoms with van der Waals surface area (Å²) in [6.07, 6.45) is 3.28. The van der Waals surface area contributed by atoms with Gasteiger partial charge < -0.3 is 14.2 Å². The lowest BCUT2D eigenvalue weighted by Crippen LogP contribution is -2.32. The van der Waals surface area contributed by atoms with Crippen molar-refractivity contribution < 1.29 is 19.0 Å². The van der Waals surface area contributed by atoms with E-state index < -0.39 is 6.29 Å². The summed E-state index contributed by atoms with van der Waals surface area (Å²) in [7, 11) is 0. The van der Waals surface area contributed by atoms with Gasteiger partial charge >= 0.3 is 5.97 Å². The molecule has 0 aromatic heterocycles. The first kappa shape index (κ1) is 11.2. The number of ether oxygens (including phenoxy) is 3. The Morgan fingerprint density at radius 2 is 2.43 bits per heavy atom. The van der Waals surface area contributed by atoms with Crippen LogP contribution in [0.25, 0.3) is 0 Å². The third-order valence-corrected chi connectivity index (χ3v) is 1.84. The Hall–Kier alpha value is -0.870. The Morgan fingerprint density at radius 1 is 1.57 bits per heavy atom. The Labute approximate surface area is 83.8 Å². The molecule has 1 unspecified atom stereocenters. The van der Waals surface area contributed by atoms with E-state index in [0.717, 1.165) is 12.8 Å². The van der Waals surface area contributed by atoms with E-state index in [0.29, 0.717) is 26.2 Å². The van der Waals surface area contributed by atoms with E-state index in [-0.39, 0.29) is 5.97 Å². The molecule has 1 aliphatic heterocycles. The molecule has 0 aromatic carbocycles. The molecule has 1 fully saturated rings. The van der Waals surface area contributed by atoms with Crippen LogP contribution in [0.4, 0.5) is 0 Å². The quantitative estimate of drug-likeness (QED) is 0.381. The van der Waals surface area contributed by atoms with Gasteiger partial charge in [-0.25, -0.2) is 0 Å². The lowest BCUT2D eigenvalue weighted by Gasteiger charge is -2.22. The fraction of sp³-hybridized carbons (Fsp3) is 0.700. The van der Waals surface area contributed by atoms with Crippen molar-refractivity contribution in [2.75, 3.05) is 19.8 Å². The minimum Gasteiger partial charge on any atom is -0.433 e. The molecule has 1 saturated heterocycles. The second-order valence-corrected chi connectivity index (χ2v) is 3.05. The molecule has 0 aromatic rings. The summed E-state index contributed by atoms with van der Waals surface area (Å²) < 4.78 is 15.3. The highest BCUT2D eigenvalue weighted by molar-refractivity contribution is 5.69. The van der Waals surface area contributed by atoms with Crippen LogP contribution in [0.5, 0.6) is 0 Å². The van der Waals surface area contributed by atoms with Crippen LogP contribution in [0.2, 0.25) is 0 Å². The number of hydrogen-bond donors (Lipinski definition) is 0. The summed E-state index contributed by atoms with van der Waals surface area (Å²) >= 11 is 0. The molecule has 0 aliphatic carbocycles. The molecule has 1 atom stereocenters. The van der Waals surface area contributed by atoms with Crippen molar-refractivity contribution in [1.29, 1.82) is 0 Å². The third-order valence-electron chi connectivity index (χ3n) is 1.84. The molecule has 1 heterocycles. The molecular weight excluding hydrogens is 184 g/mol. The van der Waals surface area contributed by atoms with Gasteiger partial charge in [0.15, 0.2) is 0 Å². The Morgan fingerprint density at radius 3 is 3.07 bits per heavy atom. The second-order valence-electron chi connectivity index (χ2n) is 3.05. The van der Waals surface area contributed by atoms with Gasteiger partial charge in [-0.15, -0.1) is 6.58 Å². The number of carbonyl (C=O) groups excluding carboxylic acids is 1. The molecule has 4 nitrogen and oxygen atoms in total. The minimum atomic E-state index is -0.514. The average molecular weight is 200 g/mol. The molecule has 0 bridgehead atoms. The summed E-state index contributed by atoms with van der Waals surface area (Å²) in [6.45, 7) is 4.98. The number of carbonyl (C=O) groups is 1. The SMILES string of the molecule is C=CCCCC(=O)OC1COCCO1. The molecular formula is C10H16O4. The monoisotopic (exact) mass is 200 g/mol. The molecule has 14 heavy (non-hydrogen) atoms. The Balaban J connectivity index is 2.09. The first-order valence-corrected chi connectivity index (χ1v) is 4.82. The van der Waals surface area contributed by atoms with Crippen LogP contribution in [-0.2, 0) is 19.0 Å². The number of esters is 1. The number of allylic oxidation sites excluding steroid dienone is 1. The first-order valence-electron chi connectivity index (χ1n) is 4.82. The van der Waals surface area contributed by atoms with Crippen molar-refractivity contribution in [2.45, 2.75) is 25.6 Å². The van der Waals surface area contributed by atoms with Crippen molar-refractivity contribution >= 4 is 5.97 Å². The van der Waals surface area contributed by atoms with Gasteiger partial charge in [-0.05, 0) is 12.8 Å². The van der Waals surface area contributed by atoms with E-state index >= 15 is 0 Å². The molecule has 0 N–H and O–H groups in total. The molecule has 1 aliphatic rings. The topological polar surface area (TPSA) is 44.8 Å². The van der Waals surface area contributed by atoms with E-state index in [1.165, 1.54) is 0 Å². The van der Waals surface area contributed by atoms with Crippen LogP contribution in [0.1, 0.15) is 19.3 Å². The average Bonchev–Trinajstić information content (AvgIpc) is 2.20. The number of unbranched alkanes of at least 4 members (excludes halogenated alkanes) is 1. The highest BCUT2D eigenvalue weighted by atomic mass is 16.7. The summed E-state index contributed by atoms with van der Waals surface area (Å²) in [4.78, 5) is 11.2. The van der Waals surface area contributed by atoms with E-state index in [2.05, 4.69) is 6.58 Å². The van der Waals surface area contributed by atoms with Crippen molar-refractivity contribution in [1.82, 2.24) is 0 Å². The molecule has 1 rings (SSSR count). The van der Waals surface area contributed by atoms with E-state index in [1.54, 1.807) is 6.08 Å². The highest BCUT2D eigenvalue weighted by Crippen LogP contribution is 2.05. The third kappa shape index (κ3) is 4.39. The van der Waals surface area contributed by atoms with Gasteiger partial charge in [0.1, 0.15) is 6.61 Å². The fourth-order valence-electron chi connectivity index (χ4n) is 1.13. The molecule has 0 radical (unpaired) electrons. The van der Waals surface area contributed by atoms with Crippen molar-refractivity contribution in [3.63, 3.8) is 0 Å². The van der Waals surface area contributed by atoms with Crippen LogP contribution in [0.15, 0.2) is 12.7 Å². The van der Waals surface area contributed by atoms with Gasteiger partial charge in [0, 0.05) is 6.42 Å². The van der Waals surface area contributed by atoms with Crippen LogP contribution in [-0.4, -0.2) is 32.1 Å². The number of hydrogen-bond acceptors (Lipinski definition) is 4. The minimum absolute atomic E-state index is 0.234. The van der Waals surface area contributed by atoms with Gasteiger partial charge in [0.05, 0.1) is 13.2 Å². The lowest BCUT2D eigenvalue weighted by atomic mass is 10.2.